The fourth-order valence-electron chi connectivity index (χ4n) is 3.12. The molecule has 0 spiro atoms. The highest BCUT2D eigenvalue weighted by molar-refractivity contribution is 5.73. The van der Waals surface area contributed by atoms with Crippen molar-refractivity contribution in [2.45, 2.75) is 91.1 Å². The Kier molecular flexibility index (Phi) is 9.54. The van der Waals surface area contributed by atoms with Crippen LogP contribution < -0.4 is 0 Å². The van der Waals surface area contributed by atoms with E-state index in [-0.39, 0.29) is 5.60 Å². The zero-order valence-electron chi connectivity index (χ0n) is 17.4. The molecule has 0 fully saturated rings. The van der Waals surface area contributed by atoms with Gasteiger partial charge in [0.25, 0.3) is 6.47 Å². The van der Waals surface area contributed by atoms with Gasteiger partial charge < -0.3 is 9.84 Å². The van der Waals surface area contributed by atoms with Gasteiger partial charge in [-0.15, -0.1) is 0 Å². The van der Waals surface area contributed by atoms with E-state index >= 15 is 0 Å². The first-order valence-corrected chi connectivity index (χ1v) is 10.1. The molecule has 1 N–H and O–H groups in total. The predicted octanol–water partition coefficient (Wildman–Crippen LogP) is 5.56. The lowest BCUT2D eigenvalue weighted by atomic mass is 9.87. The maximum Gasteiger partial charge on any atom is 0.309 e. The second-order valence-corrected chi connectivity index (χ2v) is 8.75. The number of unbranched alkanes of at least 4 members (excludes halogenated alkanes) is 3. The Hall–Kier alpha value is -1.84. The summed E-state index contributed by atoms with van der Waals surface area (Å²) < 4.78 is 5.07. The zero-order chi connectivity index (χ0) is 20.3. The van der Waals surface area contributed by atoms with Crippen LogP contribution >= 0.6 is 0 Å². The summed E-state index contributed by atoms with van der Waals surface area (Å²) in [5.74, 6) is -0.710. The Balaban J connectivity index is 2.22. The van der Waals surface area contributed by atoms with E-state index in [0.717, 1.165) is 57.8 Å². The van der Waals surface area contributed by atoms with Gasteiger partial charge in [-0.05, 0) is 83.8 Å². The average molecular weight is 377 g/mol. The van der Waals surface area contributed by atoms with Gasteiger partial charge in [0.15, 0.2) is 0 Å². The summed E-state index contributed by atoms with van der Waals surface area (Å²) in [5, 5.41) is 9.12. The van der Waals surface area contributed by atoms with Crippen LogP contribution in [0.1, 0.15) is 83.8 Å². The number of hydrogen-bond acceptors (Lipinski definition) is 3. The molecule has 0 bridgehead atoms. The van der Waals surface area contributed by atoms with Crippen LogP contribution in [0.25, 0.3) is 0 Å². The minimum atomic E-state index is -0.710. The standard InChI is InChI=1S/C23H36O4/c1-22(2,21(25)26)16-8-5-6-10-19-12-14-20(15-13-19)11-7-9-17-23(3,4)27-18-24/h12-15,18H,5-11,16-17H2,1-4H3,(H,25,26). The molecule has 1 rings (SSSR count). The van der Waals surface area contributed by atoms with Crippen molar-refractivity contribution in [3.05, 3.63) is 35.4 Å². The van der Waals surface area contributed by atoms with Crippen molar-refractivity contribution in [1.29, 1.82) is 0 Å². The molecule has 152 valence electrons. The lowest BCUT2D eigenvalue weighted by Gasteiger charge is -2.22. The molecule has 0 amide bonds. The van der Waals surface area contributed by atoms with Gasteiger partial charge in [0.2, 0.25) is 0 Å². The summed E-state index contributed by atoms with van der Waals surface area (Å²) in [7, 11) is 0. The first-order valence-electron chi connectivity index (χ1n) is 10.1. The van der Waals surface area contributed by atoms with Crippen molar-refractivity contribution in [3.8, 4) is 0 Å². The molecular formula is C23H36O4. The van der Waals surface area contributed by atoms with Crippen molar-refractivity contribution in [3.63, 3.8) is 0 Å². The van der Waals surface area contributed by atoms with Crippen molar-refractivity contribution >= 4 is 12.4 Å². The van der Waals surface area contributed by atoms with Gasteiger partial charge in [0.1, 0.15) is 5.60 Å². The number of hydrogen-bond donors (Lipinski definition) is 1. The Bertz CT molecular complexity index is 573. The summed E-state index contributed by atoms with van der Waals surface area (Å²) in [4.78, 5) is 21.5. The minimum Gasteiger partial charge on any atom is -0.481 e. The second kappa shape index (κ2) is 11.1. The number of aliphatic carboxylic acids is 1. The molecule has 0 heterocycles. The second-order valence-electron chi connectivity index (χ2n) is 8.75. The van der Waals surface area contributed by atoms with Crippen LogP contribution in [-0.2, 0) is 27.2 Å². The smallest absolute Gasteiger partial charge is 0.309 e. The van der Waals surface area contributed by atoms with Gasteiger partial charge in [0.05, 0.1) is 5.41 Å². The van der Waals surface area contributed by atoms with E-state index in [1.54, 1.807) is 13.8 Å². The van der Waals surface area contributed by atoms with Gasteiger partial charge in [-0.1, -0.05) is 37.1 Å². The quantitative estimate of drug-likeness (QED) is 0.341. The largest absolute Gasteiger partial charge is 0.481 e. The first-order chi connectivity index (χ1) is 12.7. The van der Waals surface area contributed by atoms with Gasteiger partial charge in [-0.3, -0.25) is 9.59 Å². The Morgan fingerprint density at radius 1 is 0.889 bits per heavy atom. The number of ether oxygens (including phenoxy) is 1. The van der Waals surface area contributed by atoms with E-state index in [4.69, 9.17) is 9.84 Å². The van der Waals surface area contributed by atoms with Crippen LogP contribution in [0.5, 0.6) is 0 Å². The summed E-state index contributed by atoms with van der Waals surface area (Å²) in [6.45, 7) is 8.01. The monoisotopic (exact) mass is 376 g/mol. The molecule has 0 aliphatic rings. The van der Waals surface area contributed by atoms with Crippen molar-refractivity contribution in [1.82, 2.24) is 0 Å². The number of carboxylic acid groups (broad SMARTS) is 1. The van der Waals surface area contributed by atoms with Crippen molar-refractivity contribution < 1.29 is 19.4 Å². The summed E-state index contributed by atoms with van der Waals surface area (Å²) in [6.07, 6.45) is 8.95. The molecule has 4 heteroatoms. The molecule has 27 heavy (non-hydrogen) atoms. The average Bonchev–Trinajstić information content (AvgIpc) is 2.59. The van der Waals surface area contributed by atoms with E-state index in [1.807, 2.05) is 13.8 Å². The molecule has 0 aliphatic heterocycles. The molecule has 4 nitrogen and oxygen atoms in total. The molecule has 0 saturated heterocycles. The topological polar surface area (TPSA) is 63.6 Å². The summed E-state index contributed by atoms with van der Waals surface area (Å²) >= 11 is 0. The molecule has 0 aliphatic carbocycles. The van der Waals surface area contributed by atoms with Crippen LogP contribution in [0.4, 0.5) is 0 Å². The number of carboxylic acids is 1. The highest BCUT2D eigenvalue weighted by atomic mass is 16.5. The van der Waals surface area contributed by atoms with Crippen LogP contribution in [0.15, 0.2) is 24.3 Å². The Morgan fingerprint density at radius 3 is 1.85 bits per heavy atom. The third kappa shape index (κ3) is 9.60. The van der Waals surface area contributed by atoms with Crippen LogP contribution in [0.2, 0.25) is 0 Å². The number of aryl methyl sites for hydroxylation is 2. The summed E-state index contributed by atoms with van der Waals surface area (Å²) in [6, 6.07) is 8.82. The van der Waals surface area contributed by atoms with E-state index in [1.165, 1.54) is 11.1 Å². The lowest BCUT2D eigenvalue weighted by molar-refractivity contribution is -0.147. The van der Waals surface area contributed by atoms with E-state index in [2.05, 4.69) is 24.3 Å². The van der Waals surface area contributed by atoms with Gasteiger partial charge >= 0.3 is 5.97 Å². The molecular weight excluding hydrogens is 340 g/mol. The third-order valence-electron chi connectivity index (χ3n) is 5.23. The molecule has 1 aromatic rings. The molecule has 0 aromatic heterocycles. The Labute approximate surface area is 164 Å². The Morgan fingerprint density at radius 2 is 1.37 bits per heavy atom. The van der Waals surface area contributed by atoms with Gasteiger partial charge in [0, 0.05) is 0 Å². The SMILES string of the molecule is CC(C)(CCCCc1ccc(CCCCCC(C)(C)C(=O)O)cc1)OC=O. The fourth-order valence-corrected chi connectivity index (χ4v) is 3.12. The molecule has 0 saturated carbocycles. The first kappa shape index (κ1) is 23.2. The van der Waals surface area contributed by atoms with E-state index < -0.39 is 11.4 Å². The molecule has 0 radical (unpaired) electrons. The van der Waals surface area contributed by atoms with Crippen molar-refractivity contribution in [2.75, 3.05) is 0 Å². The van der Waals surface area contributed by atoms with Crippen LogP contribution in [0.3, 0.4) is 0 Å². The summed E-state index contributed by atoms with van der Waals surface area (Å²) in [5.41, 5.74) is 1.70. The van der Waals surface area contributed by atoms with E-state index in [0.29, 0.717) is 6.47 Å². The molecule has 0 unspecified atom stereocenters. The van der Waals surface area contributed by atoms with E-state index in [9.17, 15) is 9.59 Å². The molecule has 1 aromatic carbocycles. The van der Waals surface area contributed by atoms with Crippen LogP contribution in [-0.4, -0.2) is 23.1 Å². The highest BCUT2D eigenvalue weighted by Gasteiger charge is 2.25. The fraction of sp³-hybridized carbons (Fsp3) is 0.652. The number of benzene rings is 1. The van der Waals surface area contributed by atoms with Crippen molar-refractivity contribution in [2.24, 2.45) is 5.41 Å². The zero-order valence-corrected chi connectivity index (χ0v) is 17.4. The normalized spacial score (nSPS) is 12.0. The predicted molar refractivity (Wildman–Crippen MR) is 109 cm³/mol. The number of carbonyl (C=O) groups is 2. The van der Waals surface area contributed by atoms with Gasteiger partial charge in [-0.25, -0.2) is 0 Å². The van der Waals surface area contributed by atoms with Crippen LogP contribution in [0, 0.1) is 5.41 Å². The minimum absolute atomic E-state index is 0.370. The third-order valence-corrected chi connectivity index (χ3v) is 5.23. The van der Waals surface area contributed by atoms with Gasteiger partial charge in [-0.2, -0.15) is 0 Å². The number of carbonyl (C=O) groups excluding carboxylic acids is 1. The molecule has 0 atom stereocenters. The maximum atomic E-state index is 11.1. The highest BCUT2D eigenvalue weighted by Crippen LogP contribution is 2.24. The lowest BCUT2D eigenvalue weighted by Crippen LogP contribution is -2.23. The number of rotatable bonds is 14. The maximum absolute atomic E-state index is 11.1.